The smallest absolute Gasteiger partial charge is 0.260 e. The second-order valence-corrected chi connectivity index (χ2v) is 8.07. The summed E-state index contributed by atoms with van der Waals surface area (Å²) < 4.78 is 14.1. The number of carbonyl (C=O) groups excluding carboxylic acids is 2. The van der Waals surface area contributed by atoms with Gasteiger partial charge in [-0.15, -0.1) is 10.2 Å². The third kappa shape index (κ3) is 5.51. The maximum Gasteiger partial charge on any atom is 0.260 e. The molecule has 2 amide bonds. The van der Waals surface area contributed by atoms with E-state index < -0.39 is 11.7 Å². The summed E-state index contributed by atoms with van der Waals surface area (Å²) in [6.07, 6.45) is 0. The molecule has 1 heterocycles. The van der Waals surface area contributed by atoms with Crippen LogP contribution in [0.15, 0.2) is 52.9 Å². The molecule has 0 saturated carbocycles. The molecule has 28 heavy (non-hydrogen) atoms. The number of carbonyl (C=O) groups is 2. The van der Waals surface area contributed by atoms with Crippen LogP contribution in [-0.2, 0) is 11.3 Å². The molecule has 2 N–H and O–H groups in total. The van der Waals surface area contributed by atoms with Crippen molar-refractivity contribution in [2.24, 2.45) is 0 Å². The van der Waals surface area contributed by atoms with E-state index in [0.717, 1.165) is 16.9 Å². The van der Waals surface area contributed by atoms with Gasteiger partial charge < -0.3 is 5.32 Å². The highest BCUT2D eigenvalue weighted by Gasteiger charge is 2.14. The molecule has 0 aliphatic heterocycles. The van der Waals surface area contributed by atoms with E-state index >= 15 is 0 Å². The number of nitrogens with one attached hydrogen (secondary N) is 2. The second kappa shape index (κ2) is 9.63. The molecule has 10 heteroatoms. The summed E-state index contributed by atoms with van der Waals surface area (Å²) >= 11 is 8.34. The van der Waals surface area contributed by atoms with Crippen LogP contribution in [0.4, 0.5) is 9.52 Å². The minimum atomic E-state index is -0.616. The molecule has 0 saturated heterocycles. The number of anilines is 1. The average molecular weight is 437 g/mol. The lowest BCUT2D eigenvalue weighted by atomic mass is 10.2. The van der Waals surface area contributed by atoms with Gasteiger partial charge in [0.1, 0.15) is 5.82 Å². The molecule has 144 valence electrons. The zero-order valence-electron chi connectivity index (χ0n) is 14.3. The lowest BCUT2D eigenvalue weighted by molar-refractivity contribution is -0.118. The third-order valence-corrected chi connectivity index (χ3v) is 5.85. The van der Waals surface area contributed by atoms with E-state index in [-0.39, 0.29) is 22.4 Å². The van der Waals surface area contributed by atoms with Gasteiger partial charge in [-0.2, -0.15) is 0 Å². The van der Waals surface area contributed by atoms with Gasteiger partial charge in [-0.05, 0) is 23.8 Å². The van der Waals surface area contributed by atoms with Gasteiger partial charge in [-0.25, -0.2) is 4.39 Å². The van der Waals surface area contributed by atoms with Crippen LogP contribution in [0.1, 0.15) is 15.9 Å². The quantitative estimate of drug-likeness (QED) is 0.432. The van der Waals surface area contributed by atoms with Crippen molar-refractivity contribution >= 4 is 51.6 Å². The Labute approximate surface area is 173 Å². The van der Waals surface area contributed by atoms with E-state index in [9.17, 15) is 14.0 Å². The molecular weight excluding hydrogens is 423 g/mol. The molecular formula is C18H14ClFN4O2S2. The number of halogens is 2. The molecule has 0 aliphatic carbocycles. The number of rotatable bonds is 7. The summed E-state index contributed by atoms with van der Waals surface area (Å²) in [4.78, 5) is 24.0. The number of benzene rings is 2. The summed E-state index contributed by atoms with van der Waals surface area (Å²) in [5.74, 6) is -1.27. The minimum absolute atomic E-state index is 0.0779. The predicted octanol–water partition coefficient (Wildman–Crippen LogP) is 3.99. The van der Waals surface area contributed by atoms with Gasteiger partial charge in [0, 0.05) is 11.6 Å². The summed E-state index contributed by atoms with van der Waals surface area (Å²) in [5, 5.41) is 13.8. The van der Waals surface area contributed by atoms with Crippen LogP contribution in [0.25, 0.3) is 0 Å². The first kappa shape index (κ1) is 20.2. The van der Waals surface area contributed by atoms with Crippen molar-refractivity contribution in [3.05, 3.63) is 70.5 Å². The van der Waals surface area contributed by atoms with Crippen LogP contribution < -0.4 is 10.6 Å². The van der Waals surface area contributed by atoms with Crippen LogP contribution in [0.3, 0.4) is 0 Å². The summed E-state index contributed by atoms with van der Waals surface area (Å²) in [6.45, 7) is 0.332. The first-order chi connectivity index (χ1) is 13.5. The number of nitrogens with zero attached hydrogens (tertiary/aromatic N) is 2. The SMILES string of the molecule is O=C(CSc1nnc(NC(=O)c2ccccc2F)s1)NCc1ccccc1Cl. The topological polar surface area (TPSA) is 84.0 Å². The van der Waals surface area contributed by atoms with Crippen LogP contribution in [0.5, 0.6) is 0 Å². The average Bonchev–Trinajstić information content (AvgIpc) is 3.13. The first-order valence-electron chi connectivity index (χ1n) is 8.05. The molecule has 2 aromatic carbocycles. The molecule has 6 nitrogen and oxygen atoms in total. The predicted molar refractivity (Wildman–Crippen MR) is 108 cm³/mol. The fraction of sp³-hybridized carbons (Fsp3) is 0.111. The van der Waals surface area contributed by atoms with E-state index in [1.165, 1.54) is 30.0 Å². The third-order valence-electron chi connectivity index (χ3n) is 3.51. The Balaban J connectivity index is 1.48. The second-order valence-electron chi connectivity index (χ2n) is 5.46. The van der Waals surface area contributed by atoms with Crippen LogP contribution in [-0.4, -0.2) is 27.8 Å². The van der Waals surface area contributed by atoms with Crippen molar-refractivity contribution in [2.45, 2.75) is 10.9 Å². The highest BCUT2D eigenvalue weighted by molar-refractivity contribution is 8.01. The lowest BCUT2D eigenvalue weighted by Gasteiger charge is -2.05. The number of hydrogen-bond donors (Lipinski definition) is 2. The highest BCUT2D eigenvalue weighted by atomic mass is 35.5. The van der Waals surface area contributed by atoms with Crippen molar-refractivity contribution in [1.29, 1.82) is 0 Å². The zero-order chi connectivity index (χ0) is 19.9. The number of aromatic nitrogens is 2. The minimum Gasteiger partial charge on any atom is -0.351 e. The van der Waals surface area contributed by atoms with Crippen LogP contribution in [0, 0.1) is 5.82 Å². The van der Waals surface area contributed by atoms with Gasteiger partial charge in [0.05, 0.1) is 11.3 Å². The lowest BCUT2D eigenvalue weighted by Crippen LogP contribution is -2.24. The Morgan fingerprint density at radius 3 is 2.64 bits per heavy atom. The van der Waals surface area contributed by atoms with Gasteiger partial charge in [0.2, 0.25) is 11.0 Å². The Hall–Kier alpha value is -2.49. The van der Waals surface area contributed by atoms with E-state index in [0.29, 0.717) is 15.9 Å². The Morgan fingerprint density at radius 1 is 1.11 bits per heavy atom. The molecule has 0 unspecified atom stereocenters. The molecule has 0 radical (unpaired) electrons. The van der Waals surface area contributed by atoms with Crippen molar-refractivity contribution in [3.63, 3.8) is 0 Å². The maximum atomic E-state index is 13.6. The van der Waals surface area contributed by atoms with E-state index in [4.69, 9.17) is 11.6 Å². The summed E-state index contributed by atoms with van der Waals surface area (Å²) in [5.41, 5.74) is 0.752. The molecule has 3 rings (SSSR count). The van der Waals surface area contributed by atoms with Crippen molar-refractivity contribution in [3.8, 4) is 0 Å². The Bertz CT molecular complexity index is 999. The van der Waals surface area contributed by atoms with E-state index in [1.54, 1.807) is 12.1 Å². The molecule has 0 atom stereocenters. The molecule has 0 fully saturated rings. The normalized spacial score (nSPS) is 10.5. The van der Waals surface area contributed by atoms with Crippen LogP contribution >= 0.6 is 34.7 Å². The van der Waals surface area contributed by atoms with Gasteiger partial charge >= 0.3 is 0 Å². The van der Waals surface area contributed by atoms with Crippen molar-refractivity contribution in [2.75, 3.05) is 11.1 Å². The largest absolute Gasteiger partial charge is 0.351 e. The standard InChI is InChI=1S/C18H14ClFN4O2S2/c19-13-7-3-1-5-11(13)9-21-15(25)10-27-18-24-23-17(28-18)22-16(26)12-6-2-4-8-14(12)20/h1-8H,9-10H2,(H,21,25)(H,22,23,26). The monoisotopic (exact) mass is 436 g/mol. The van der Waals surface area contributed by atoms with Crippen molar-refractivity contribution in [1.82, 2.24) is 15.5 Å². The fourth-order valence-electron chi connectivity index (χ4n) is 2.14. The summed E-state index contributed by atoms with van der Waals surface area (Å²) in [7, 11) is 0. The molecule has 3 aromatic rings. The molecule has 1 aromatic heterocycles. The first-order valence-corrected chi connectivity index (χ1v) is 10.2. The van der Waals surface area contributed by atoms with Gasteiger partial charge in [-0.3, -0.25) is 14.9 Å². The fourth-order valence-corrected chi connectivity index (χ4v) is 3.92. The van der Waals surface area contributed by atoms with E-state index in [1.807, 2.05) is 18.2 Å². The van der Waals surface area contributed by atoms with Crippen LogP contribution in [0.2, 0.25) is 5.02 Å². The van der Waals surface area contributed by atoms with Gasteiger partial charge in [0.25, 0.3) is 5.91 Å². The van der Waals surface area contributed by atoms with Crippen molar-refractivity contribution < 1.29 is 14.0 Å². The highest BCUT2D eigenvalue weighted by Crippen LogP contribution is 2.26. The van der Waals surface area contributed by atoms with Gasteiger partial charge in [-0.1, -0.05) is 65.0 Å². The number of thioether (sulfide) groups is 1. The molecule has 0 bridgehead atoms. The Morgan fingerprint density at radius 2 is 1.86 bits per heavy atom. The molecule has 0 aliphatic rings. The molecule has 0 spiro atoms. The zero-order valence-corrected chi connectivity index (χ0v) is 16.7. The number of amides is 2. The number of hydrogen-bond acceptors (Lipinski definition) is 6. The maximum absolute atomic E-state index is 13.6. The van der Waals surface area contributed by atoms with E-state index in [2.05, 4.69) is 20.8 Å². The van der Waals surface area contributed by atoms with Gasteiger partial charge in [0.15, 0.2) is 4.34 Å². The summed E-state index contributed by atoms with van der Waals surface area (Å²) in [6, 6.07) is 12.9. The Kier molecular flexibility index (Phi) is 6.96.